The Morgan fingerprint density at radius 3 is 2.68 bits per heavy atom. The highest BCUT2D eigenvalue weighted by Gasteiger charge is 2.36. The first-order chi connectivity index (χ1) is 10.5. The molecule has 0 radical (unpaired) electrons. The summed E-state index contributed by atoms with van der Waals surface area (Å²) >= 11 is 1.40. The number of ether oxygens (including phenoxy) is 1. The number of hydrogen-bond donors (Lipinski definition) is 0. The smallest absolute Gasteiger partial charge is 0.273 e. The second-order valence-electron chi connectivity index (χ2n) is 5.11. The number of thiazole rings is 1. The van der Waals surface area contributed by atoms with Crippen LogP contribution in [-0.2, 0) is 10.0 Å². The Bertz CT molecular complexity index is 747. The highest BCUT2D eigenvalue weighted by atomic mass is 32.2. The van der Waals surface area contributed by atoms with Crippen LogP contribution in [-0.4, -0.2) is 36.9 Å². The van der Waals surface area contributed by atoms with Crippen molar-refractivity contribution in [2.24, 2.45) is 0 Å². The van der Waals surface area contributed by atoms with Crippen molar-refractivity contribution in [3.05, 3.63) is 52.4 Å². The summed E-state index contributed by atoms with van der Waals surface area (Å²) in [5.41, 5.74) is 2.01. The molecule has 1 aliphatic heterocycles. The van der Waals surface area contributed by atoms with E-state index in [1.807, 2.05) is 36.6 Å². The molecule has 2 heterocycles. The molecule has 0 N–H and O–H groups in total. The molecule has 7 heteroatoms. The lowest BCUT2D eigenvalue weighted by Gasteiger charge is -2.36. The summed E-state index contributed by atoms with van der Waals surface area (Å²) in [5.74, 6) is 0. The second-order valence-corrected chi connectivity index (χ2v) is 7.79. The van der Waals surface area contributed by atoms with Gasteiger partial charge in [-0.05, 0) is 18.6 Å². The van der Waals surface area contributed by atoms with Crippen LogP contribution in [0.3, 0.4) is 0 Å². The maximum Gasteiger partial charge on any atom is 0.273 e. The van der Waals surface area contributed by atoms with E-state index >= 15 is 0 Å². The molecular formula is C15H16N2O3S2. The van der Waals surface area contributed by atoms with Gasteiger partial charge in [0.25, 0.3) is 5.19 Å². The van der Waals surface area contributed by atoms with Crippen LogP contribution >= 0.6 is 11.3 Å². The first-order valence-electron chi connectivity index (χ1n) is 6.84. The van der Waals surface area contributed by atoms with Gasteiger partial charge >= 0.3 is 0 Å². The van der Waals surface area contributed by atoms with E-state index < -0.39 is 10.0 Å². The largest absolute Gasteiger partial charge is 0.464 e. The van der Waals surface area contributed by atoms with Crippen LogP contribution in [0.25, 0.3) is 6.08 Å². The van der Waals surface area contributed by atoms with Crippen molar-refractivity contribution in [2.75, 3.05) is 13.1 Å². The van der Waals surface area contributed by atoms with E-state index in [1.54, 1.807) is 12.3 Å². The van der Waals surface area contributed by atoms with Crippen LogP contribution in [0.1, 0.15) is 11.1 Å². The van der Waals surface area contributed by atoms with Gasteiger partial charge in [-0.3, -0.25) is 0 Å². The minimum absolute atomic E-state index is 0.117. The van der Waals surface area contributed by atoms with E-state index in [0.717, 1.165) is 11.1 Å². The van der Waals surface area contributed by atoms with Gasteiger partial charge in [-0.15, -0.1) is 0 Å². The number of hydrogen-bond acceptors (Lipinski definition) is 5. The maximum atomic E-state index is 12.2. The monoisotopic (exact) mass is 336 g/mol. The van der Waals surface area contributed by atoms with Crippen molar-refractivity contribution in [3.8, 4) is 5.19 Å². The van der Waals surface area contributed by atoms with E-state index in [9.17, 15) is 8.42 Å². The summed E-state index contributed by atoms with van der Waals surface area (Å²) in [4.78, 5) is 4.02. The number of nitrogens with zero attached hydrogens (tertiary/aromatic N) is 2. The summed E-state index contributed by atoms with van der Waals surface area (Å²) in [6.07, 6.45) is 3.16. The summed E-state index contributed by atoms with van der Waals surface area (Å²) in [6.45, 7) is 2.72. The lowest BCUT2D eigenvalue weighted by atomic mass is 10.2. The Balaban J connectivity index is 1.57. The molecule has 3 rings (SSSR count). The van der Waals surface area contributed by atoms with Gasteiger partial charge in [-0.25, -0.2) is 13.4 Å². The number of sulfonamides is 1. The normalized spacial score (nSPS) is 16.8. The summed E-state index contributed by atoms with van der Waals surface area (Å²) in [5, 5.41) is 3.65. The molecular weight excluding hydrogens is 320 g/mol. The van der Waals surface area contributed by atoms with Gasteiger partial charge in [0.15, 0.2) is 0 Å². The average molecular weight is 336 g/mol. The van der Waals surface area contributed by atoms with E-state index in [4.69, 9.17) is 4.74 Å². The number of rotatable bonds is 5. The Hall–Kier alpha value is -1.70. The fourth-order valence-electron chi connectivity index (χ4n) is 2.02. The van der Waals surface area contributed by atoms with Gasteiger partial charge in [0.2, 0.25) is 10.0 Å². The van der Waals surface area contributed by atoms with Gasteiger partial charge in [-0.1, -0.05) is 41.2 Å². The molecule has 0 saturated carbocycles. The molecule has 0 spiro atoms. The molecule has 0 amide bonds. The van der Waals surface area contributed by atoms with Crippen molar-refractivity contribution < 1.29 is 13.2 Å². The van der Waals surface area contributed by atoms with Crippen LogP contribution in [0.5, 0.6) is 5.19 Å². The van der Waals surface area contributed by atoms with Gasteiger partial charge < -0.3 is 4.74 Å². The molecule has 116 valence electrons. The van der Waals surface area contributed by atoms with Crippen molar-refractivity contribution in [1.29, 1.82) is 0 Å². The zero-order valence-corrected chi connectivity index (χ0v) is 13.7. The molecule has 0 atom stereocenters. The number of benzene rings is 1. The van der Waals surface area contributed by atoms with E-state index in [2.05, 4.69) is 4.98 Å². The first kappa shape index (κ1) is 15.2. The lowest BCUT2D eigenvalue weighted by Crippen LogP contribution is -2.55. The predicted molar refractivity (Wildman–Crippen MR) is 87.2 cm³/mol. The first-order valence-corrected chi connectivity index (χ1v) is 9.22. The lowest BCUT2D eigenvalue weighted by molar-refractivity contribution is 0.0769. The Labute approximate surface area is 133 Å². The minimum atomic E-state index is -3.39. The van der Waals surface area contributed by atoms with Crippen LogP contribution < -0.4 is 4.74 Å². The zero-order valence-electron chi connectivity index (χ0n) is 12.0. The predicted octanol–water partition coefficient (Wildman–Crippen LogP) is 2.52. The molecule has 1 aromatic heterocycles. The maximum absolute atomic E-state index is 12.2. The van der Waals surface area contributed by atoms with Gasteiger partial charge in [0.05, 0.1) is 13.1 Å². The third-order valence-corrected chi connectivity index (χ3v) is 5.52. The molecule has 1 fully saturated rings. The van der Waals surface area contributed by atoms with Gasteiger partial charge in [-0.2, -0.15) is 4.31 Å². The van der Waals surface area contributed by atoms with Crippen molar-refractivity contribution in [2.45, 2.75) is 13.0 Å². The molecule has 5 nitrogen and oxygen atoms in total. The van der Waals surface area contributed by atoms with E-state index in [0.29, 0.717) is 18.3 Å². The quantitative estimate of drug-likeness (QED) is 0.842. The molecule has 1 aliphatic rings. The third-order valence-electron chi connectivity index (χ3n) is 3.36. The van der Waals surface area contributed by atoms with Crippen molar-refractivity contribution in [3.63, 3.8) is 0 Å². The molecule has 0 unspecified atom stereocenters. The molecule has 22 heavy (non-hydrogen) atoms. The van der Waals surface area contributed by atoms with Crippen LogP contribution in [0.4, 0.5) is 0 Å². The summed E-state index contributed by atoms with van der Waals surface area (Å²) in [7, 11) is -3.39. The van der Waals surface area contributed by atoms with Crippen LogP contribution in [0.15, 0.2) is 41.3 Å². The summed E-state index contributed by atoms with van der Waals surface area (Å²) in [6, 6.07) is 7.69. The number of aromatic nitrogens is 1. The van der Waals surface area contributed by atoms with Crippen LogP contribution in [0.2, 0.25) is 0 Å². The molecule has 0 bridgehead atoms. The highest BCUT2D eigenvalue weighted by Crippen LogP contribution is 2.22. The number of aryl methyl sites for hydroxylation is 1. The molecule has 1 saturated heterocycles. The fraction of sp³-hybridized carbons (Fsp3) is 0.267. The van der Waals surface area contributed by atoms with Crippen molar-refractivity contribution in [1.82, 2.24) is 9.29 Å². The standard InChI is InChI=1S/C15H16N2O3S2/c1-12-2-4-13(5-3-12)6-9-22(18,19)17-10-14(11-17)20-15-16-7-8-21-15/h2-9,14H,10-11H2,1H3/b9-6+. The van der Waals surface area contributed by atoms with Crippen molar-refractivity contribution >= 4 is 27.4 Å². The minimum Gasteiger partial charge on any atom is -0.464 e. The van der Waals surface area contributed by atoms with E-state index in [1.165, 1.54) is 21.1 Å². The zero-order chi connectivity index (χ0) is 15.6. The second kappa shape index (κ2) is 6.20. The SMILES string of the molecule is Cc1ccc(/C=C/S(=O)(=O)N2CC(Oc3nccs3)C2)cc1. The topological polar surface area (TPSA) is 59.5 Å². The molecule has 2 aromatic rings. The Morgan fingerprint density at radius 2 is 2.05 bits per heavy atom. The van der Waals surface area contributed by atoms with Gasteiger partial charge in [0, 0.05) is 17.0 Å². The highest BCUT2D eigenvalue weighted by molar-refractivity contribution is 7.92. The fourth-order valence-corrected chi connectivity index (χ4v) is 3.82. The van der Waals surface area contributed by atoms with Gasteiger partial charge in [0.1, 0.15) is 6.10 Å². The molecule has 0 aliphatic carbocycles. The Morgan fingerprint density at radius 1 is 1.32 bits per heavy atom. The Kier molecular flexibility index (Phi) is 4.28. The van der Waals surface area contributed by atoms with E-state index in [-0.39, 0.29) is 6.10 Å². The average Bonchev–Trinajstić information content (AvgIpc) is 2.94. The summed E-state index contributed by atoms with van der Waals surface area (Å²) < 4.78 is 31.3. The third kappa shape index (κ3) is 3.55. The molecule has 1 aromatic carbocycles. The van der Waals surface area contributed by atoms with Crippen LogP contribution in [0, 0.1) is 6.92 Å².